The Kier molecular flexibility index (Phi) is 6.28. The Balaban J connectivity index is 1.45. The predicted octanol–water partition coefficient (Wildman–Crippen LogP) is 4.10. The molecule has 1 fully saturated rings. The highest BCUT2D eigenvalue weighted by Gasteiger charge is 2.24. The summed E-state index contributed by atoms with van der Waals surface area (Å²) in [6.07, 6.45) is 6.20. The fraction of sp³-hybridized carbons (Fsp3) is 0.280. The fourth-order valence-electron chi connectivity index (χ4n) is 3.94. The number of likely N-dealkylation sites (N-methyl/N-ethyl adjacent to an activating group) is 1. The number of carbonyl (C=O) groups excluding carboxylic acids is 1. The summed E-state index contributed by atoms with van der Waals surface area (Å²) in [5.74, 6) is 0.280. The molecule has 0 spiro atoms. The third-order valence-electron chi connectivity index (χ3n) is 5.87. The molecule has 4 rings (SSSR count). The van der Waals surface area contributed by atoms with Gasteiger partial charge in [-0.3, -0.25) is 4.79 Å². The normalized spacial score (nSPS) is 17.1. The molecule has 2 aromatic carbocycles. The second-order valence-corrected chi connectivity index (χ2v) is 8.16. The molecule has 1 unspecified atom stereocenters. The lowest BCUT2D eigenvalue weighted by atomic mass is 10.2. The Morgan fingerprint density at radius 2 is 2.03 bits per heavy atom. The van der Waals surface area contributed by atoms with Crippen molar-refractivity contribution in [2.45, 2.75) is 19.4 Å². The van der Waals surface area contributed by atoms with Crippen molar-refractivity contribution < 1.29 is 9.21 Å². The van der Waals surface area contributed by atoms with E-state index in [2.05, 4.69) is 46.3 Å². The number of hydrogen-bond donors (Lipinski definition) is 2. The van der Waals surface area contributed by atoms with Gasteiger partial charge in [-0.2, -0.15) is 0 Å². The van der Waals surface area contributed by atoms with Gasteiger partial charge in [0, 0.05) is 41.6 Å². The van der Waals surface area contributed by atoms with Crippen LogP contribution in [0.5, 0.6) is 0 Å². The van der Waals surface area contributed by atoms with Crippen LogP contribution in [0.4, 0.5) is 11.4 Å². The standard InChI is InChI=1S/C25H29N5O2/c1-4-17(11-13-26)25-28-22-15-18(5-10-23(22)32-25)24(31)27-19-6-8-20(9-7-19)30-14-12-21(16-30)29(2)3/h4-11,13,15,21H,12,14,16,26H2,1-3H3,(H,27,31)/b13-11-,17-4+. The molecule has 32 heavy (non-hydrogen) atoms. The molecule has 0 saturated carbocycles. The van der Waals surface area contributed by atoms with Crippen molar-refractivity contribution in [2.75, 3.05) is 37.4 Å². The van der Waals surface area contributed by atoms with E-state index in [1.165, 1.54) is 11.9 Å². The molecule has 3 N–H and O–H groups in total. The summed E-state index contributed by atoms with van der Waals surface area (Å²) in [4.78, 5) is 21.9. The lowest BCUT2D eigenvalue weighted by molar-refractivity contribution is 0.102. The number of fused-ring (bicyclic) bond motifs is 1. The van der Waals surface area contributed by atoms with E-state index in [1.54, 1.807) is 24.3 Å². The van der Waals surface area contributed by atoms with Gasteiger partial charge in [0.15, 0.2) is 5.58 Å². The van der Waals surface area contributed by atoms with E-state index in [-0.39, 0.29) is 5.91 Å². The monoisotopic (exact) mass is 431 g/mol. The summed E-state index contributed by atoms with van der Waals surface area (Å²) in [6.45, 7) is 3.96. The molecular weight excluding hydrogens is 402 g/mol. The summed E-state index contributed by atoms with van der Waals surface area (Å²) in [6, 6.07) is 13.8. The molecule has 0 aliphatic carbocycles. The van der Waals surface area contributed by atoms with E-state index < -0.39 is 0 Å². The largest absolute Gasteiger partial charge is 0.436 e. The zero-order valence-corrected chi connectivity index (χ0v) is 18.7. The molecule has 3 aromatic rings. The number of anilines is 2. The zero-order chi connectivity index (χ0) is 22.7. The third-order valence-corrected chi connectivity index (χ3v) is 5.87. The average Bonchev–Trinajstić information content (AvgIpc) is 3.45. The summed E-state index contributed by atoms with van der Waals surface area (Å²) < 4.78 is 5.79. The molecule has 166 valence electrons. The number of nitrogens with one attached hydrogen (secondary N) is 1. The zero-order valence-electron chi connectivity index (χ0n) is 18.7. The molecule has 7 heteroatoms. The number of allylic oxidation sites excluding steroid dienone is 3. The smallest absolute Gasteiger partial charge is 0.255 e. The third kappa shape index (κ3) is 4.53. The lowest BCUT2D eigenvalue weighted by Gasteiger charge is -2.22. The van der Waals surface area contributed by atoms with Crippen LogP contribution in [-0.2, 0) is 0 Å². The van der Waals surface area contributed by atoms with Crippen LogP contribution in [0.3, 0.4) is 0 Å². The number of benzene rings is 2. The number of nitrogens with two attached hydrogens (primary N) is 1. The highest BCUT2D eigenvalue weighted by molar-refractivity contribution is 6.06. The van der Waals surface area contributed by atoms with Crippen molar-refractivity contribution in [1.82, 2.24) is 9.88 Å². The van der Waals surface area contributed by atoms with E-state index in [0.29, 0.717) is 28.6 Å². The summed E-state index contributed by atoms with van der Waals surface area (Å²) >= 11 is 0. The van der Waals surface area contributed by atoms with E-state index in [9.17, 15) is 4.79 Å². The first kappa shape index (κ1) is 21.6. The van der Waals surface area contributed by atoms with Gasteiger partial charge < -0.3 is 25.3 Å². The number of amides is 1. The van der Waals surface area contributed by atoms with Crippen molar-refractivity contribution in [3.05, 3.63) is 72.3 Å². The van der Waals surface area contributed by atoms with Gasteiger partial charge in [-0.05, 0) is 82.2 Å². The molecule has 1 aliphatic rings. The Hall–Kier alpha value is -3.58. The molecule has 1 saturated heterocycles. The van der Waals surface area contributed by atoms with Crippen LogP contribution in [0, 0.1) is 0 Å². The van der Waals surface area contributed by atoms with Crippen LogP contribution >= 0.6 is 0 Å². The highest BCUT2D eigenvalue weighted by Crippen LogP contribution is 2.25. The molecule has 0 bridgehead atoms. The first-order chi connectivity index (χ1) is 15.5. The number of aromatic nitrogens is 1. The van der Waals surface area contributed by atoms with Crippen LogP contribution in [-0.4, -0.2) is 49.0 Å². The second kappa shape index (κ2) is 9.28. The van der Waals surface area contributed by atoms with Crippen LogP contribution in [0.2, 0.25) is 0 Å². The Morgan fingerprint density at radius 3 is 2.69 bits per heavy atom. The molecule has 2 heterocycles. The Bertz CT molecular complexity index is 1160. The molecule has 7 nitrogen and oxygen atoms in total. The number of hydrogen-bond acceptors (Lipinski definition) is 6. The minimum Gasteiger partial charge on any atom is -0.436 e. The number of rotatable bonds is 6. The number of oxazole rings is 1. The first-order valence-corrected chi connectivity index (χ1v) is 10.8. The Labute approximate surface area is 188 Å². The van der Waals surface area contributed by atoms with Crippen LogP contribution < -0.4 is 16.0 Å². The second-order valence-electron chi connectivity index (χ2n) is 8.16. The number of carbonyl (C=O) groups is 1. The van der Waals surface area contributed by atoms with Gasteiger partial charge in [0.2, 0.25) is 5.89 Å². The van der Waals surface area contributed by atoms with Crippen LogP contribution in [0.15, 0.2) is 65.2 Å². The molecule has 1 aromatic heterocycles. The van der Waals surface area contributed by atoms with Crippen molar-refractivity contribution in [3.63, 3.8) is 0 Å². The van der Waals surface area contributed by atoms with Crippen molar-refractivity contribution in [1.29, 1.82) is 0 Å². The molecule has 1 amide bonds. The lowest BCUT2D eigenvalue weighted by Crippen LogP contribution is -2.31. The summed E-state index contributed by atoms with van der Waals surface area (Å²) in [5, 5.41) is 2.97. The maximum absolute atomic E-state index is 12.8. The van der Waals surface area contributed by atoms with E-state index in [0.717, 1.165) is 30.8 Å². The molecule has 0 radical (unpaired) electrons. The highest BCUT2D eigenvalue weighted by atomic mass is 16.3. The van der Waals surface area contributed by atoms with Crippen LogP contribution in [0.1, 0.15) is 29.6 Å². The van der Waals surface area contributed by atoms with E-state index in [1.807, 2.05) is 25.1 Å². The predicted molar refractivity (Wildman–Crippen MR) is 130 cm³/mol. The van der Waals surface area contributed by atoms with Gasteiger partial charge in [0.1, 0.15) is 5.52 Å². The quantitative estimate of drug-likeness (QED) is 0.572. The van der Waals surface area contributed by atoms with Crippen molar-refractivity contribution >= 4 is 34.0 Å². The minimum atomic E-state index is -0.189. The molecule has 1 atom stereocenters. The number of nitrogens with zero attached hydrogens (tertiary/aromatic N) is 3. The Morgan fingerprint density at radius 1 is 1.25 bits per heavy atom. The minimum absolute atomic E-state index is 0.189. The average molecular weight is 432 g/mol. The fourth-order valence-corrected chi connectivity index (χ4v) is 3.94. The van der Waals surface area contributed by atoms with Crippen molar-refractivity contribution in [2.24, 2.45) is 5.73 Å². The maximum Gasteiger partial charge on any atom is 0.255 e. The van der Waals surface area contributed by atoms with Crippen molar-refractivity contribution in [3.8, 4) is 0 Å². The SMILES string of the molecule is C/C=C(\C=C/N)c1nc2cc(C(=O)Nc3ccc(N4CCC(N(C)C)C4)cc3)ccc2o1. The van der Waals surface area contributed by atoms with Crippen LogP contribution in [0.25, 0.3) is 16.7 Å². The first-order valence-electron chi connectivity index (χ1n) is 10.8. The molecule has 1 aliphatic heterocycles. The topological polar surface area (TPSA) is 87.6 Å². The van der Waals surface area contributed by atoms with Gasteiger partial charge in [0.05, 0.1) is 0 Å². The van der Waals surface area contributed by atoms with Gasteiger partial charge in [-0.25, -0.2) is 4.98 Å². The maximum atomic E-state index is 12.8. The van der Waals surface area contributed by atoms with Gasteiger partial charge >= 0.3 is 0 Å². The van der Waals surface area contributed by atoms with Gasteiger partial charge in [-0.1, -0.05) is 6.08 Å². The van der Waals surface area contributed by atoms with E-state index in [4.69, 9.17) is 10.2 Å². The summed E-state index contributed by atoms with van der Waals surface area (Å²) in [7, 11) is 4.25. The summed E-state index contributed by atoms with van der Waals surface area (Å²) in [5.41, 5.74) is 9.96. The van der Waals surface area contributed by atoms with Gasteiger partial charge in [-0.15, -0.1) is 0 Å². The van der Waals surface area contributed by atoms with Gasteiger partial charge in [0.25, 0.3) is 5.91 Å². The van der Waals surface area contributed by atoms with E-state index >= 15 is 0 Å². The molecular formula is C25H29N5O2.